The number of esters is 1. The minimum atomic E-state index is -0.515. The molecule has 1 atom stereocenters. The van der Waals surface area contributed by atoms with Crippen LogP contribution in [0.5, 0.6) is 0 Å². The van der Waals surface area contributed by atoms with Crippen molar-refractivity contribution >= 4 is 12.0 Å². The molecule has 0 radical (unpaired) electrons. The molecular formula is C16H30N2O3. The molecule has 0 aliphatic carbocycles. The Balaban J connectivity index is 2.26. The van der Waals surface area contributed by atoms with Crippen molar-refractivity contribution in [2.45, 2.75) is 77.2 Å². The van der Waals surface area contributed by atoms with Crippen molar-refractivity contribution in [1.29, 1.82) is 0 Å². The zero-order chi connectivity index (χ0) is 15.5. The summed E-state index contributed by atoms with van der Waals surface area (Å²) in [5, 5.41) is 0. The molecule has 5 nitrogen and oxygen atoms in total. The molecule has 1 rings (SSSR count). The topological polar surface area (TPSA) is 72.6 Å². The molecule has 2 N–H and O–H groups in total. The van der Waals surface area contributed by atoms with Gasteiger partial charge in [0.2, 0.25) is 0 Å². The molecule has 2 amide bonds. The highest BCUT2D eigenvalue weighted by Gasteiger charge is 2.30. The first-order valence-electron chi connectivity index (χ1n) is 8.39. The van der Waals surface area contributed by atoms with Crippen LogP contribution in [0.25, 0.3) is 0 Å². The van der Waals surface area contributed by atoms with Crippen LogP contribution in [-0.2, 0) is 9.53 Å². The Morgan fingerprint density at radius 2 is 1.81 bits per heavy atom. The lowest BCUT2D eigenvalue weighted by atomic mass is 10.1. The number of hydrogen-bond acceptors (Lipinski definition) is 3. The Labute approximate surface area is 128 Å². The summed E-state index contributed by atoms with van der Waals surface area (Å²) in [7, 11) is 0. The van der Waals surface area contributed by atoms with Crippen LogP contribution < -0.4 is 5.73 Å². The maximum atomic E-state index is 12.1. The minimum absolute atomic E-state index is 0.288. The van der Waals surface area contributed by atoms with Crippen LogP contribution in [0.3, 0.4) is 0 Å². The summed E-state index contributed by atoms with van der Waals surface area (Å²) < 4.78 is 5.34. The molecule has 1 aliphatic rings. The first kappa shape index (κ1) is 17.8. The molecular weight excluding hydrogens is 268 g/mol. The fourth-order valence-corrected chi connectivity index (χ4v) is 2.77. The molecule has 1 unspecified atom stereocenters. The summed E-state index contributed by atoms with van der Waals surface area (Å²) in [4.78, 5) is 25.0. The Morgan fingerprint density at radius 1 is 1.10 bits per heavy atom. The number of nitrogens with two attached hydrogens (primary N) is 1. The van der Waals surface area contributed by atoms with Gasteiger partial charge in [-0.05, 0) is 19.3 Å². The van der Waals surface area contributed by atoms with Crippen molar-refractivity contribution in [3.8, 4) is 0 Å². The first-order valence-corrected chi connectivity index (χ1v) is 8.39. The van der Waals surface area contributed by atoms with E-state index in [0.717, 1.165) is 32.1 Å². The normalized spacial score (nSPS) is 19.1. The molecule has 1 saturated heterocycles. The van der Waals surface area contributed by atoms with Gasteiger partial charge in [-0.1, -0.05) is 51.9 Å². The van der Waals surface area contributed by atoms with Gasteiger partial charge in [0.05, 0.1) is 6.61 Å². The molecule has 1 heterocycles. The van der Waals surface area contributed by atoms with Crippen LogP contribution in [0.15, 0.2) is 0 Å². The van der Waals surface area contributed by atoms with Crippen LogP contribution in [0, 0.1) is 0 Å². The lowest BCUT2D eigenvalue weighted by Crippen LogP contribution is -2.48. The summed E-state index contributed by atoms with van der Waals surface area (Å²) >= 11 is 0. The highest BCUT2D eigenvalue weighted by atomic mass is 16.5. The van der Waals surface area contributed by atoms with Gasteiger partial charge in [0.15, 0.2) is 0 Å². The molecule has 0 aromatic rings. The maximum absolute atomic E-state index is 12.1. The lowest BCUT2D eigenvalue weighted by molar-refractivity contribution is -0.149. The molecule has 0 bridgehead atoms. The summed E-state index contributed by atoms with van der Waals surface area (Å²) in [5.41, 5.74) is 5.37. The smallest absolute Gasteiger partial charge is 0.328 e. The number of ether oxygens (including phenoxy) is 1. The Kier molecular flexibility index (Phi) is 8.87. The van der Waals surface area contributed by atoms with E-state index in [2.05, 4.69) is 6.92 Å². The molecule has 0 aromatic carbocycles. The van der Waals surface area contributed by atoms with Crippen LogP contribution in [0.4, 0.5) is 4.79 Å². The molecule has 5 heteroatoms. The second-order valence-electron chi connectivity index (χ2n) is 5.83. The van der Waals surface area contributed by atoms with Gasteiger partial charge in [-0.25, -0.2) is 9.59 Å². The van der Waals surface area contributed by atoms with Gasteiger partial charge in [-0.15, -0.1) is 0 Å². The average Bonchev–Trinajstić information content (AvgIpc) is 2.72. The Hall–Kier alpha value is -1.26. The molecule has 0 spiro atoms. The number of unbranched alkanes of at least 4 members (excludes halogenated alkanes) is 5. The number of urea groups is 1. The zero-order valence-corrected chi connectivity index (χ0v) is 13.3. The van der Waals surface area contributed by atoms with E-state index in [-0.39, 0.29) is 5.97 Å². The van der Waals surface area contributed by atoms with E-state index in [1.165, 1.54) is 30.6 Å². The van der Waals surface area contributed by atoms with E-state index in [1.54, 1.807) is 0 Å². The minimum Gasteiger partial charge on any atom is -0.464 e. The van der Waals surface area contributed by atoms with Crippen molar-refractivity contribution in [2.24, 2.45) is 5.73 Å². The number of hydrogen-bond donors (Lipinski definition) is 1. The van der Waals surface area contributed by atoms with Crippen molar-refractivity contribution in [1.82, 2.24) is 4.90 Å². The van der Waals surface area contributed by atoms with Crippen molar-refractivity contribution < 1.29 is 14.3 Å². The summed E-state index contributed by atoms with van der Waals surface area (Å²) in [6, 6.07) is -0.997. The number of carbonyl (C=O) groups is 2. The molecule has 21 heavy (non-hydrogen) atoms. The summed E-state index contributed by atoms with van der Waals surface area (Å²) in [6.07, 6.45) is 10.5. The Morgan fingerprint density at radius 3 is 2.52 bits per heavy atom. The van der Waals surface area contributed by atoms with Gasteiger partial charge in [-0.3, -0.25) is 0 Å². The van der Waals surface area contributed by atoms with E-state index in [1.807, 2.05) is 0 Å². The van der Waals surface area contributed by atoms with E-state index in [9.17, 15) is 9.59 Å². The fourth-order valence-electron chi connectivity index (χ4n) is 2.77. The SMILES string of the molecule is CCCCCCCCOC(=O)C1CCCCCN1C(N)=O. The van der Waals surface area contributed by atoms with Crippen LogP contribution >= 0.6 is 0 Å². The van der Waals surface area contributed by atoms with Crippen LogP contribution in [0.2, 0.25) is 0 Å². The highest BCUT2D eigenvalue weighted by Crippen LogP contribution is 2.18. The van der Waals surface area contributed by atoms with E-state index in [0.29, 0.717) is 19.6 Å². The van der Waals surface area contributed by atoms with Gasteiger partial charge in [0.25, 0.3) is 0 Å². The van der Waals surface area contributed by atoms with Gasteiger partial charge < -0.3 is 15.4 Å². The second kappa shape index (κ2) is 10.5. The summed E-state index contributed by atoms with van der Waals surface area (Å²) in [5.74, 6) is -0.288. The Bertz CT molecular complexity index is 321. The van der Waals surface area contributed by atoms with Crippen LogP contribution in [0.1, 0.15) is 71.1 Å². The monoisotopic (exact) mass is 298 g/mol. The number of amides is 2. The van der Waals surface area contributed by atoms with Gasteiger partial charge in [0.1, 0.15) is 6.04 Å². The predicted molar refractivity (Wildman–Crippen MR) is 82.9 cm³/mol. The van der Waals surface area contributed by atoms with E-state index >= 15 is 0 Å². The zero-order valence-electron chi connectivity index (χ0n) is 13.3. The third-order valence-corrected chi connectivity index (χ3v) is 4.05. The van der Waals surface area contributed by atoms with Gasteiger partial charge in [-0.2, -0.15) is 0 Å². The fraction of sp³-hybridized carbons (Fsp3) is 0.875. The van der Waals surface area contributed by atoms with Crippen LogP contribution in [-0.4, -0.2) is 36.1 Å². The second-order valence-corrected chi connectivity index (χ2v) is 5.83. The van der Waals surface area contributed by atoms with Gasteiger partial charge >= 0.3 is 12.0 Å². The molecule has 0 saturated carbocycles. The highest BCUT2D eigenvalue weighted by molar-refractivity contribution is 5.82. The van der Waals surface area contributed by atoms with Crippen molar-refractivity contribution in [2.75, 3.05) is 13.2 Å². The molecule has 1 aliphatic heterocycles. The van der Waals surface area contributed by atoms with E-state index < -0.39 is 12.1 Å². The van der Waals surface area contributed by atoms with Crippen molar-refractivity contribution in [3.05, 3.63) is 0 Å². The number of likely N-dealkylation sites (tertiary alicyclic amines) is 1. The maximum Gasteiger partial charge on any atom is 0.328 e. The predicted octanol–water partition coefficient (Wildman–Crippen LogP) is 3.21. The van der Waals surface area contributed by atoms with Gasteiger partial charge in [0, 0.05) is 6.54 Å². The average molecular weight is 298 g/mol. The number of carbonyl (C=O) groups excluding carboxylic acids is 2. The molecule has 122 valence electrons. The third kappa shape index (κ3) is 6.82. The van der Waals surface area contributed by atoms with Crippen molar-refractivity contribution in [3.63, 3.8) is 0 Å². The quantitative estimate of drug-likeness (QED) is 0.552. The summed E-state index contributed by atoms with van der Waals surface area (Å²) in [6.45, 7) is 3.21. The number of nitrogens with zero attached hydrogens (tertiary/aromatic N) is 1. The first-order chi connectivity index (χ1) is 10.2. The number of primary amides is 1. The lowest BCUT2D eigenvalue weighted by Gasteiger charge is -2.26. The molecule has 1 fully saturated rings. The van der Waals surface area contributed by atoms with E-state index in [4.69, 9.17) is 10.5 Å². The number of rotatable bonds is 8. The molecule has 0 aromatic heterocycles. The third-order valence-electron chi connectivity index (χ3n) is 4.05. The standard InChI is InChI=1S/C16H30N2O3/c1-2-3-4-5-6-10-13-21-15(19)14-11-8-7-9-12-18(14)16(17)20/h14H,2-13H2,1H3,(H2,17,20). The largest absolute Gasteiger partial charge is 0.464 e.